The number of hydrogen-bond donors (Lipinski definition) is 0. The first kappa shape index (κ1) is 19.7. The highest BCUT2D eigenvalue weighted by Crippen LogP contribution is 2.55. The van der Waals surface area contributed by atoms with E-state index in [1.165, 1.54) is 0 Å². The number of fused-ring (bicyclic) bond motifs is 1. The second kappa shape index (κ2) is 7.16. The standard InChI is InChI=1S/C12H14F2O10S2/c13-12(14,25-24-23-17)11(16)20-2-1-8(15)21-9-5-3-6-7(4-5)26(18,19)22-10(6)9/h5-7,9-10,17H,1-4H2/p-1. The first-order valence-corrected chi connectivity index (χ1v) is 9.68. The van der Waals surface area contributed by atoms with Gasteiger partial charge in [-0.1, -0.05) is 0 Å². The van der Waals surface area contributed by atoms with Gasteiger partial charge in [0.15, 0.2) is 0 Å². The van der Waals surface area contributed by atoms with Gasteiger partial charge in [0.1, 0.15) is 30.9 Å². The molecule has 14 heteroatoms. The lowest BCUT2D eigenvalue weighted by Gasteiger charge is -2.24. The predicted molar refractivity (Wildman–Crippen MR) is 74.0 cm³/mol. The highest BCUT2D eigenvalue weighted by Gasteiger charge is 2.65. The number of esters is 2. The van der Waals surface area contributed by atoms with Crippen LogP contribution in [0.2, 0.25) is 0 Å². The summed E-state index contributed by atoms with van der Waals surface area (Å²) in [5.41, 5.74) is 0. The van der Waals surface area contributed by atoms with Crippen molar-refractivity contribution in [2.45, 2.75) is 42.0 Å². The SMILES string of the molecule is O=C(CCOC(=O)C(F)(F)SOO[O-])OC1C2CC3C1OS(=O)(=O)C3C2. The molecule has 3 fully saturated rings. The number of alkyl halides is 2. The number of halogens is 2. The molecule has 148 valence electrons. The summed E-state index contributed by atoms with van der Waals surface area (Å²) in [4.78, 5) is 22.9. The summed E-state index contributed by atoms with van der Waals surface area (Å²) in [5, 5.41) is 7.43. The van der Waals surface area contributed by atoms with E-state index in [0.717, 1.165) is 0 Å². The maximum atomic E-state index is 13.1. The van der Waals surface area contributed by atoms with Crippen molar-refractivity contribution in [3.63, 3.8) is 0 Å². The molecule has 1 saturated heterocycles. The van der Waals surface area contributed by atoms with E-state index in [0.29, 0.717) is 12.8 Å². The van der Waals surface area contributed by atoms with Crippen molar-refractivity contribution in [2.75, 3.05) is 6.61 Å². The molecule has 2 aliphatic carbocycles. The lowest BCUT2D eigenvalue weighted by molar-refractivity contribution is -0.777. The van der Waals surface area contributed by atoms with Crippen LogP contribution in [0.5, 0.6) is 0 Å². The molecular weight excluding hydrogens is 406 g/mol. The molecule has 26 heavy (non-hydrogen) atoms. The van der Waals surface area contributed by atoms with E-state index in [1.807, 2.05) is 0 Å². The fourth-order valence-electron chi connectivity index (χ4n) is 3.66. The van der Waals surface area contributed by atoms with Crippen molar-refractivity contribution in [3.8, 4) is 0 Å². The molecule has 0 spiro atoms. The van der Waals surface area contributed by atoms with Crippen molar-refractivity contribution >= 4 is 34.1 Å². The molecule has 2 saturated carbocycles. The van der Waals surface area contributed by atoms with Crippen molar-refractivity contribution in [1.29, 1.82) is 0 Å². The molecule has 1 heterocycles. The van der Waals surface area contributed by atoms with Gasteiger partial charge in [0.2, 0.25) is 0 Å². The molecule has 10 nitrogen and oxygen atoms in total. The number of carbonyl (C=O) groups is 2. The summed E-state index contributed by atoms with van der Waals surface area (Å²) in [6.07, 6.45) is -1.03. The molecule has 3 aliphatic rings. The fourth-order valence-corrected chi connectivity index (χ4v) is 5.78. The highest BCUT2D eigenvalue weighted by molar-refractivity contribution is 7.96. The van der Waals surface area contributed by atoms with Crippen LogP contribution >= 0.6 is 12.0 Å². The predicted octanol–water partition coefficient (Wildman–Crippen LogP) is -0.567. The summed E-state index contributed by atoms with van der Waals surface area (Å²) in [6.45, 7) is -0.695. The fraction of sp³-hybridized carbons (Fsp3) is 0.833. The summed E-state index contributed by atoms with van der Waals surface area (Å²) in [6, 6.07) is 0. The molecular formula is C12H13F2O10S2-. The monoisotopic (exact) mass is 419 g/mol. The van der Waals surface area contributed by atoms with Crippen molar-refractivity contribution in [1.82, 2.24) is 0 Å². The van der Waals surface area contributed by atoms with Crippen LogP contribution in [-0.2, 0) is 42.7 Å². The molecule has 0 N–H and O–H groups in total. The molecule has 5 unspecified atom stereocenters. The molecule has 0 aromatic rings. The van der Waals surface area contributed by atoms with Gasteiger partial charge in [-0.05, 0) is 12.8 Å². The second-order valence-corrected chi connectivity index (χ2v) is 8.66. The zero-order valence-corrected chi connectivity index (χ0v) is 14.5. The summed E-state index contributed by atoms with van der Waals surface area (Å²) < 4.78 is 67.6. The Hall–Kier alpha value is -1.06. The van der Waals surface area contributed by atoms with E-state index in [-0.39, 0.29) is 11.8 Å². The van der Waals surface area contributed by atoms with Crippen molar-refractivity contribution < 1.29 is 55.1 Å². The maximum Gasteiger partial charge on any atom is 0.415 e. The number of ether oxygens (including phenoxy) is 2. The molecule has 1 aliphatic heterocycles. The van der Waals surface area contributed by atoms with E-state index >= 15 is 0 Å². The lowest BCUT2D eigenvalue weighted by atomic mass is 9.94. The smallest absolute Gasteiger partial charge is 0.415 e. The van der Waals surface area contributed by atoms with Crippen LogP contribution in [0.4, 0.5) is 8.78 Å². The minimum atomic E-state index is -4.19. The van der Waals surface area contributed by atoms with E-state index < -0.39 is 69.8 Å². The van der Waals surface area contributed by atoms with Crippen LogP contribution in [0, 0.1) is 11.8 Å². The quantitative estimate of drug-likeness (QED) is 0.164. The Labute approximate surface area is 150 Å². The third-order valence-corrected chi connectivity index (χ3v) is 6.90. The maximum absolute atomic E-state index is 13.1. The van der Waals surface area contributed by atoms with Gasteiger partial charge in [0.25, 0.3) is 10.1 Å². The Morgan fingerprint density at radius 1 is 1.31 bits per heavy atom. The molecule has 5 atom stereocenters. The Bertz CT molecular complexity index is 683. The van der Waals surface area contributed by atoms with Crippen LogP contribution in [0.1, 0.15) is 19.3 Å². The molecule has 0 aromatic carbocycles. The summed E-state index contributed by atoms with van der Waals surface area (Å²) in [7, 11) is -3.64. The van der Waals surface area contributed by atoms with Crippen molar-refractivity contribution in [2.24, 2.45) is 11.8 Å². The Kier molecular flexibility index (Phi) is 5.43. The summed E-state index contributed by atoms with van der Waals surface area (Å²) >= 11 is -0.845. The first-order chi connectivity index (χ1) is 12.2. The van der Waals surface area contributed by atoms with Crippen LogP contribution in [-0.4, -0.2) is 49.7 Å². The zero-order chi connectivity index (χ0) is 19.1. The van der Waals surface area contributed by atoms with E-state index in [1.54, 1.807) is 0 Å². The number of hydrogen-bond acceptors (Lipinski definition) is 11. The molecule has 3 rings (SSSR count). The van der Waals surface area contributed by atoms with Gasteiger partial charge in [-0.3, -0.25) is 14.0 Å². The molecule has 0 amide bonds. The third-order valence-electron chi connectivity index (χ3n) is 4.62. The van der Waals surface area contributed by atoms with E-state index in [4.69, 9.17) is 8.92 Å². The van der Waals surface area contributed by atoms with Crippen molar-refractivity contribution in [3.05, 3.63) is 0 Å². The largest absolute Gasteiger partial charge is 0.691 e. The Morgan fingerprint density at radius 2 is 2.04 bits per heavy atom. The van der Waals surface area contributed by atoms with E-state index in [2.05, 4.69) is 14.1 Å². The van der Waals surface area contributed by atoms with Crippen LogP contribution in [0.3, 0.4) is 0 Å². The van der Waals surface area contributed by atoms with Gasteiger partial charge < -0.3 is 14.7 Å². The average molecular weight is 419 g/mol. The van der Waals surface area contributed by atoms with Crippen LogP contribution in [0.25, 0.3) is 0 Å². The minimum absolute atomic E-state index is 0.135. The average Bonchev–Trinajstić information content (AvgIpc) is 3.17. The summed E-state index contributed by atoms with van der Waals surface area (Å²) in [5.74, 6) is -3.21. The zero-order valence-electron chi connectivity index (χ0n) is 12.9. The van der Waals surface area contributed by atoms with E-state index in [9.17, 15) is 32.0 Å². The first-order valence-electron chi connectivity index (χ1n) is 7.46. The van der Waals surface area contributed by atoms with Gasteiger partial charge in [0, 0.05) is 11.8 Å². The normalized spacial score (nSPS) is 34.0. The third kappa shape index (κ3) is 3.66. The van der Waals surface area contributed by atoms with Gasteiger partial charge in [-0.25, -0.2) is 4.79 Å². The number of carbonyl (C=O) groups excluding carboxylic acids is 2. The number of rotatable bonds is 8. The highest BCUT2D eigenvalue weighted by atomic mass is 32.2. The van der Waals surface area contributed by atoms with Crippen LogP contribution < -0.4 is 5.26 Å². The second-order valence-electron chi connectivity index (χ2n) is 6.06. The molecule has 0 aromatic heterocycles. The van der Waals surface area contributed by atoms with Crippen LogP contribution in [0.15, 0.2) is 0 Å². The van der Waals surface area contributed by atoms with Gasteiger partial charge in [-0.15, -0.1) is 0 Å². The van der Waals surface area contributed by atoms with Gasteiger partial charge >= 0.3 is 17.2 Å². The molecule has 2 bridgehead atoms. The van der Waals surface area contributed by atoms with Gasteiger partial charge in [0.05, 0.1) is 11.7 Å². The topological polar surface area (TPSA) is 137 Å². The van der Waals surface area contributed by atoms with Gasteiger partial charge in [-0.2, -0.15) is 21.5 Å². The Balaban J connectivity index is 1.44. The minimum Gasteiger partial charge on any atom is -0.691 e. The Morgan fingerprint density at radius 3 is 2.73 bits per heavy atom. The molecule has 0 radical (unpaired) electrons. The lowest BCUT2D eigenvalue weighted by Crippen LogP contribution is -2.37.